The van der Waals surface area contributed by atoms with Crippen LogP contribution >= 0.6 is 40.1 Å². The average molecular weight is 272 g/mol. The third-order valence-electron chi connectivity index (χ3n) is 0.203. The topological polar surface area (TPSA) is 46.5 Å². The van der Waals surface area contributed by atoms with Crippen LogP contribution in [0.2, 0.25) is 0 Å². The van der Waals surface area contributed by atoms with E-state index < -0.39 is 11.9 Å². The van der Waals surface area contributed by atoms with Gasteiger partial charge in [-0.1, -0.05) is 0 Å². The van der Waals surface area contributed by atoms with Crippen LogP contribution in [0.5, 0.6) is 0 Å². The lowest BCUT2D eigenvalue weighted by Gasteiger charge is -2.05. The molecule has 8 heavy (non-hydrogen) atoms. The van der Waals surface area contributed by atoms with E-state index in [4.69, 9.17) is 4.89 Å². The Morgan fingerprint density at radius 3 is 2.12 bits per heavy atom. The van der Waals surface area contributed by atoms with Crippen LogP contribution in [0.1, 0.15) is 0 Å². The van der Waals surface area contributed by atoms with Gasteiger partial charge >= 0.3 is 11.9 Å². The summed E-state index contributed by atoms with van der Waals surface area (Å²) in [6, 6.07) is 0. The molecule has 0 aliphatic carbocycles. The molecule has 3 nitrogen and oxygen atoms in total. The van der Waals surface area contributed by atoms with Gasteiger partial charge in [-0.3, -0.25) is 9.09 Å². The van der Waals surface area contributed by atoms with Crippen molar-refractivity contribution in [2.45, 2.75) is 3.67 Å². The molecule has 1 unspecified atom stereocenters. The van der Waals surface area contributed by atoms with Gasteiger partial charge in [0.25, 0.3) is 0 Å². The lowest BCUT2D eigenvalue weighted by atomic mass is 11.6. The van der Waals surface area contributed by atoms with Crippen molar-refractivity contribution in [2.24, 2.45) is 0 Å². The van der Waals surface area contributed by atoms with Crippen molar-refractivity contribution in [3.63, 3.8) is 0 Å². The van der Waals surface area contributed by atoms with E-state index in [1.165, 1.54) is 0 Å². The molecule has 0 aromatic carbocycles. The number of rotatable bonds is 2. The molecule has 0 amide bonds. The maximum absolute atomic E-state index is 11.9. The minimum Gasteiger partial charge on any atom is -0.326 e. The summed E-state index contributed by atoms with van der Waals surface area (Å²) in [5.74, 6) is 0. The lowest BCUT2D eigenvalue weighted by Crippen LogP contribution is -2.01. The van der Waals surface area contributed by atoms with Crippen LogP contribution in [0.15, 0.2) is 0 Å². The van der Waals surface area contributed by atoms with Crippen LogP contribution in [0.25, 0.3) is 0 Å². The average Bonchev–Trinajstić information content (AvgIpc) is 1.21. The van der Waals surface area contributed by atoms with Crippen LogP contribution in [0.4, 0.5) is 4.39 Å². The van der Waals surface area contributed by atoms with E-state index in [-0.39, 0.29) is 0 Å². The van der Waals surface area contributed by atoms with Gasteiger partial charge in [-0.05, 0) is 31.9 Å². The Kier molecular flexibility index (Phi) is 3.69. The van der Waals surface area contributed by atoms with Crippen molar-refractivity contribution in [3.05, 3.63) is 0 Å². The van der Waals surface area contributed by atoms with Crippen LogP contribution in [0, 0.1) is 0 Å². The molecular formula is CH2Br2FO3P. The van der Waals surface area contributed by atoms with Crippen LogP contribution in [0.3, 0.4) is 0 Å². The second-order valence-corrected chi connectivity index (χ2v) is 4.65. The Labute approximate surface area is 62.4 Å². The van der Waals surface area contributed by atoms with Gasteiger partial charge in [-0.15, -0.1) is 0 Å². The van der Waals surface area contributed by atoms with Crippen molar-refractivity contribution in [1.82, 2.24) is 0 Å². The highest BCUT2D eigenvalue weighted by Crippen LogP contribution is 2.37. The summed E-state index contributed by atoms with van der Waals surface area (Å²) in [6.45, 7) is 0. The Morgan fingerprint density at radius 2 is 2.12 bits per heavy atom. The van der Waals surface area contributed by atoms with Crippen molar-refractivity contribution in [2.75, 3.05) is 0 Å². The Bertz CT molecular complexity index is 99.9. The van der Waals surface area contributed by atoms with Gasteiger partial charge in [-0.25, -0.2) is 0 Å². The van der Waals surface area contributed by atoms with E-state index in [0.29, 0.717) is 0 Å². The largest absolute Gasteiger partial charge is 0.328 e. The molecule has 50 valence electrons. The molecule has 7 heteroatoms. The first kappa shape index (κ1) is 9.04. The molecule has 0 aromatic heterocycles. The molecular weight excluding hydrogens is 270 g/mol. The molecule has 0 rings (SSSR count). The highest BCUT2D eigenvalue weighted by atomic mass is 79.9. The smallest absolute Gasteiger partial charge is 0.326 e. The molecule has 0 saturated heterocycles. The third-order valence-corrected chi connectivity index (χ3v) is 1.58. The summed E-state index contributed by atoms with van der Waals surface area (Å²) in [7, 11) is -3.21. The van der Waals surface area contributed by atoms with Crippen LogP contribution in [-0.4, -0.2) is 8.57 Å². The second-order valence-electron chi connectivity index (χ2n) is 0.814. The molecule has 0 aromatic rings. The van der Waals surface area contributed by atoms with Gasteiger partial charge in [0.2, 0.25) is 0 Å². The van der Waals surface area contributed by atoms with Crippen LogP contribution in [-0.2, 0) is 9.09 Å². The number of alkyl halides is 3. The fourth-order valence-corrected chi connectivity index (χ4v) is 1.13. The van der Waals surface area contributed by atoms with Crippen molar-refractivity contribution < 1.29 is 18.4 Å². The first-order valence-electron chi connectivity index (χ1n) is 1.40. The molecule has 0 aliphatic rings. The van der Waals surface area contributed by atoms with Gasteiger partial charge in [0.15, 0.2) is 0 Å². The first-order chi connectivity index (χ1) is 3.42. The molecule has 0 heterocycles. The zero-order chi connectivity index (χ0) is 6.78. The molecule has 1 atom stereocenters. The van der Waals surface area contributed by atoms with E-state index in [9.17, 15) is 8.96 Å². The summed E-state index contributed by atoms with van der Waals surface area (Å²) < 4.78 is 22.9. The zero-order valence-corrected chi connectivity index (χ0v) is 7.57. The highest BCUT2D eigenvalue weighted by Gasteiger charge is 2.23. The molecule has 0 aliphatic heterocycles. The van der Waals surface area contributed by atoms with Crippen molar-refractivity contribution >= 4 is 40.1 Å². The van der Waals surface area contributed by atoms with Crippen molar-refractivity contribution in [1.29, 1.82) is 0 Å². The standard InChI is InChI=1S/CH2Br2FO3P/c2-1(3,4)7-8(5)6/h8H,(H,5,6). The van der Waals surface area contributed by atoms with E-state index in [0.717, 1.165) is 0 Å². The third kappa shape index (κ3) is 7.04. The minimum atomic E-state index is -3.21. The quantitative estimate of drug-likeness (QED) is 0.615. The molecule has 0 radical (unpaired) electrons. The fraction of sp³-hybridized carbons (Fsp3) is 1.00. The number of hydrogen-bond acceptors (Lipinski definition) is 2. The molecule has 0 saturated carbocycles. The fourth-order valence-electron chi connectivity index (χ4n) is 0.0990. The summed E-state index contributed by atoms with van der Waals surface area (Å²) in [5.41, 5.74) is 0. The van der Waals surface area contributed by atoms with Gasteiger partial charge in [-0.2, -0.15) is 4.39 Å². The molecule has 0 fully saturated rings. The normalized spacial score (nSPS) is 16.0. The predicted molar refractivity (Wildman–Crippen MR) is 34.0 cm³/mol. The zero-order valence-electron chi connectivity index (χ0n) is 3.40. The minimum absolute atomic E-state index is 2.27. The van der Waals surface area contributed by atoms with Gasteiger partial charge in [0.05, 0.1) is 0 Å². The van der Waals surface area contributed by atoms with Gasteiger partial charge in [0, 0.05) is 0 Å². The summed E-state index contributed by atoms with van der Waals surface area (Å²) in [4.78, 5) is 7.91. The van der Waals surface area contributed by atoms with Crippen LogP contribution < -0.4 is 0 Å². The number of hydrogen-bond donors (Lipinski definition) is 1. The Hall–Kier alpha value is 1.04. The van der Waals surface area contributed by atoms with Crippen molar-refractivity contribution in [3.8, 4) is 0 Å². The first-order valence-corrected chi connectivity index (χ1v) is 4.25. The highest BCUT2D eigenvalue weighted by molar-refractivity contribution is 9.25. The molecule has 0 bridgehead atoms. The Morgan fingerprint density at radius 1 is 1.75 bits per heavy atom. The second kappa shape index (κ2) is 3.27. The lowest BCUT2D eigenvalue weighted by molar-refractivity contribution is 0.127. The van der Waals surface area contributed by atoms with E-state index >= 15 is 0 Å². The molecule has 1 N–H and O–H groups in total. The van der Waals surface area contributed by atoms with E-state index in [1.807, 2.05) is 0 Å². The SMILES string of the molecule is O=[PH](O)OC(F)(Br)Br. The summed E-state index contributed by atoms with van der Waals surface area (Å²) >= 11 is 4.54. The maximum atomic E-state index is 11.9. The van der Waals surface area contributed by atoms with E-state index in [1.54, 1.807) is 0 Å². The van der Waals surface area contributed by atoms with Gasteiger partial charge in [0.1, 0.15) is 0 Å². The maximum Gasteiger partial charge on any atom is 0.328 e. The predicted octanol–water partition coefficient (Wildman–Crippen LogP) is 1.76. The van der Waals surface area contributed by atoms with Gasteiger partial charge < -0.3 is 4.89 Å². The summed E-state index contributed by atoms with van der Waals surface area (Å²) in [6.07, 6.45) is 0. The molecule has 0 spiro atoms. The number of halogens is 3. The van der Waals surface area contributed by atoms with E-state index in [2.05, 4.69) is 36.4 Å². The summed E-state index contributed by atoms with van der Waals surface area (Å²) in [5, 5.41) is 0. The Balaban J connectivity index is 3.55. The monoisotopic (exact) mass is 270 g/mol.